The van der Waals surface area contributed by atoms with E-state index in [0.29, 0.717) is 6.42 Å². The fourth-order valence-electron chi connectivity index (χ4n) is 3.27. The number of carbonyl (C=O) groups excluding carboxylic acids is 1. The molecule has 2 atom stereocenters. The third-order valence-corrected chi connectivity index (χ3v) is 4.58. The predicted molar refractivity (Wildman–Crippen MR) is 85.4 cm³/mol. The van der Waals surface area contributed by atoms with E-state index in [1.807, 2.05) is 6.07 Å². The Morgan fingerprint density at radius 1 is 1.05 bits per heavy atom. The number of amides is 1. The summed E-state index contributed by atoms with van der Waals surface area (Å²) >= 11 is 0. The number of carbonyl (C=O) groups is 1. The van der Waals surface area contributed by atoms with Crippen LogP contribution < -0.4 is 5.32 Å². The SMILES string of the molecule is Cc1cccc(C2CC(=O)NC2Cc2ccccc2)c1C. The van der Waals surface area contributed by atoms with Crippen molar-refractivity contribution in [2.45, 2.75) is 38.6 Å². The first kappa shape index (κ1) is 13.9. The highest BCUT2D eigenvalue weighted by Crippen LogP contribution is 2.33. The minimum atomic E-state index is 0.168. The molecule has 0 aliphatic carbocycles. The quantitative estimate of drug-likeness (QED) is 0.915. The molecule has 1 fully saturated rings. The Bertz CT molecular complexity index is 648. The van der Waals surface area contributed by atoms with Gasteiger partial charge in [0, 0.05) is 18.4 Å². The lowest BCUT2D eigenvalue weighted by atomic mass is 9.85. The number of nitrogens with one attached hydrogen (secondary N) is 1. The van der Waals surface area contributed by atoms with Crippen LogP contribution in [0.3, 0.4) is 0 Å². The summed E-state index contributed by atoms with van der Waals surface area (Å²) in [6.45, 7) is 4.29. The Kier molecular flexibility index (Phi) is 3.78. The van der Waals surface area contributed by atoms with E-state index in [4.69, 9.17) is 0 Å². The van der Waals surface area contributed by atoms with Crippen molar-refractivity contribution in [3.63, 3.8) is 0 Å². The van der Waals surface area contributed by atoms with Gasteiger partial charge in [-0.3, -0.25) is 4.79 Å². The molecule has 1 N–H and O–H groups in total. The fraction of sp³-hybridized carbons (Fsp3) is 0.316. The standard InChI is InChI=1S/C19H21NO/c1-13-7-6-10-16(14(13)2)17-12-19(21)20-18(17)11-15-8-4-3-5-9-15/h3-10,17-18H,11-12H2,1-2H3,(H,20,21). The molecule has 21 heavy (non-hydrogen) atoms. The Labute approximate surface area is 126 Å². The highest BCUT2D eigenvalue weighted by molar-refractivity contribution is 5.80. The first-order chi connectivity index (χ1) is 10.1. The summed E-state index contributed by atoms with van der Waals surface area (Å²) in [5, 5.41) is 3.16. The Hall–Kier alpha value is -2.09. The number of hydrogen-bond acceptors (Lipinski definition) is 1. The summed E-state index contributed by atoms with van der Waals surface area (Å²) < 4.78 is 0. The third-order valence-electron chi connectivity index (χ3n) is 4.58. The van der Waals surface area contributed by atoms with Crippen LogP contribution in [0.5, 0.6) is 0 Å². The molecule has 2 nitrogen and oxygen atoms in total. The molecule has 0 saturated carbocycles. The normalized spacial score (nSPS) is 21.3. The van der Waals surface area contributed by atoms with Crippen molar-refractivity contribution < 1.29 is 4.79 Å². The zero-order valence-corrected chi connectivity index (χ0v) is 12.6. The molecule has 2 unspecified atom stereocenters. The van der Waals surface area contributed by atoms with Crippen LogP contribution in [-0.4, -0.2) is 11.9 Å². The van der Waals surface area contributed by atoms with Gasteiger partial charge in [0.1, 0.15) is 0 Å². The van der Waals surface area contributed by atoms with Gasteiger partial charge in [0.15, 0.2) is 0 Å². The predicted octanol–water partition coefficient (Wildman–Crippen LogP) is 3.52. The van der Waals surface area contributed by atoms with E-state index in [-0.39, 0.29) is 17.9 Å². The zero-order valence-electron chi connectivity index (χ0n) is 12.6. The van der Waals surface area contributed by atoms with Crippen LogP contribution in [0, 0.1) is 13.8 Å². The topological polar surface area (TPSA) is 29.1 Å². The maximum Gasteiger partial charge on any atom is 0.220 e. The molecule has 2 aromatic rings. The van der Waals surface area contributed by atoms with E-state index in [2.05, 4.69) is 61.6 Å². The summed E-state index contributed by atoms with van der Waals surface area (Å²) in [5.74, 6) is 0.444. The van der Waals surface area contributed by atoms with Crippen LogP contribution >= 0.6 is 0 Å². The lowest BCUT2D eigenvalue weighted by Gasteiger charge is -2.22. The Morgan fingerprint density at radius 2 is 1.81 bits per heavy atom. The first-order valence-electron chi connectivity index (χ1n) is 7.54. The Balaban J connectivity index is 1.89. The molecule has 1 saturated heterocycles. The lowest BCUT2D eigenvalue weighted by molar-refractivity contribution is -0.119. The van der Waals surface area contributed by atoms with Crippen molar-refractivity contribution in [3.8, 4) is 0 Å². The molecule has 0 spiro atoms. The molecule has 1 heterocycles. The number of aryl methyl sites for hydroxylation is 1. The summed E-state index contributed by atoms with van der Waals surface area (Å²) in [6, 6.07) is 17.0. The van der Waals surface area contributed by atoms with Gasteiger partial charge >= 0.3 is 0 Å². The summed E-state index contributed by atoms with van der Waals surface area (Å²) in [6.07, 6.45) is 1.49. The smallest absolute Gasteiger partial charge is 0.220 e. The van der Waals surface area contributed by atoms with Gasteiger partial charge in [0.2, 0.25) is 5.91 Å². The summed E-state index contributed by atoms with van der Waals surface area (Å²) in [7, 11) is 0. The van der Waals surface area contributed by atoms with Crippen LogP contribution in [0.4, 0.5) is 0 Å². The molecule has 108 valence electrons. The van der Waals surface area contributed by atoms with Crippen molar-refractivity contribution in [1.82, 2.24) is 5.32 Å². The minimum absolute atomic E-state index is 0.168. The van der Waals surface area contributed by atoms with E-state index >= 15 is 0 Å². The van der Waals surface area contributed by atoms with E-state index in [0.717, 1.165) is 6.42 Å². The second-order valence-corrected chi connectivity index (χ2v) is 5.96. The van der Waals surface area contributed by atoms with Gasteiger partial charge in [-0.25, -0.2) is 0 Å². The van der Waals surface area contributed by atoms with Gasteiger partial charge < -0.3 is 5.32 Å². The van der Waals surface area contributed by atoms with Crippen LogP contribution in [-0.2, 0) is 11.2 Å². The number of rotatable bonds is 3. The van der Waals surface area contributed by atoms with Gasteiger partial charge in [-0.2, -0.15) is 0 Å². The van der Waals surface area contributed by atoms with Gasteiger partial charge in [-0.05, 0) is 42.5 Å². The molecule has 1 amide bonds. The fourth-order valence-corrected chi connectivity index (χ4v) is 3.27. The highest BCUT2D eigenvalue weighted by Gasteiger charge is 2.34. The molecule has 1 aliphatic heterocycles. The molecule has 2 heteroatoms. The van der Waals surface area contributed by atoms with E-state index in [1.54, 1.807) is 0 Å². The maximum absolute atomic E-state index is 11.9. The second kappa shape index (κ2) is 5.72. The third kappa shape index (κ3) is 2.85. The molecule has 3 rings (SSSR count). The monoisotopic (exact) mass is 279 g/mol. The van der Waals surface area contributed by atoms with E-state index in [9.17, 15) is 4.79 Å². The summed E-state index contributed by atoms with van der Waals surface area (Å²) in [4.78, 5) is 11.9. The molecule has 2 aromatic carbocycles. The van der Waals surface area contributed by atoms with Gasteiger partial charge in [0.25, 0.3) is 0 Å². The van der Waals surface area contributed by atoms with Gasteiger partial charge in [-0.1, -0.05) is 48.5 Å². The molecule has 0 aromatic heterocycles. The van der Waals surface area contributed by atoms with E-state index in [1.165, 1.54) is 22.3 Å². The highest BCUT2D eigenvalue weighted by atomic mass is 16.2. The molecular formula is C19H21NO. The van der Waals surface area contributed by atoms with Crippen LogP contribution in [0.25, 0.3) is 0 Å². The van der Waals surface area contributed by atoms with Crippen LogP contribution in [0.1, 0.15) is 34.6 Å². The van der Waals surface area contributed by atoms with Crippen LogP contribution in [0.2, 0.25) is 0 Å². The molecule has 0 bridgehead atoms. The zero-order chi connectivity index (χ0) is 14.8. The number of hydrogen-bond donors (Lipinski definition) is 1. The maximum atomic E-state index is 11.9. The van der Waals surface area contributed by atoms with Gasteiger partial charge in [-0.15, -0.1) is 0 Å². The minimum Gasteiger partial charge on any atom is -0.352 e. The summed E-state index contributed by atoms with van der Waals surface area (Å²) in [5.41, 5.74) is 5.21. The van der Waals surface area contributed by atoms with Crippen molar-refractivity contribution in [3.05, 3.63) is 70.8 Å². The number of benzene rings is 2. The molecule has 0 radical (unpaired) electrons. The van der Waals surface area contributed by atoms with Crippen molar-refractivity contribution in [2.75, 3.05) is 0 Å². The lowest BCUT2D eigenvalue weighted by Crippen LogP contribution is -2.30. The Morgan fingerprint density at radius 3 is 2.57 bits per heavy atom. The largest absolute Gasteiger partial charge is 0.352 e. The van der Waals surface area contributed by atoms with E-state index < -0.39 is 0 Å². The van der Waals surface area contributed by atoms with Gasteiger partial charge in [0.05, 0.1) is 0 Å². The van der Waals surface area contributed by atoms with Crippen molar-refractivity contribution in [1.29, 1.82) is 0 Å². The van der Waals surface area contributed by atoms with Crippen LogP contribution in [0.15, 0.2) is 48.5 Å². The average Bonchev–Trinajstić information content (AvgIpc) is 2.83. The second-order valence-electron chi connectivity index (χ2n) is 5.96. The average molecular weight is 279 g/mol. The van der Waals surface area contributed by atoms with Crippen molar-refractivity contribution in [2.24, 2.45) is 0 Å². The van der Waals surface area contributed by atoms with Crippen molar-refractivity contribution >= 4 is 5.91 Å². The molecular weight excluding hydrogens is 258 g/mol. The first-order valence-corrected chi connectivity index (χ1v) is 7.54. The molecule has 1 aliphatic rings.